The fraction of sp³-hybridized carbons (Fsp3) is 0.200. The van der Waals surface area contributed by atoms with Crippen LogP contribution in [-0.4, -0.2) is 47.2 Å². The number of amides is 1. The highest BCUT2D eigenvalue weighted by molar-refractivity contribution is 6.33. The number of benzene rings is 2. The highest BCUT2D eigenvalue weighted by Crippen LogP contribution is 2.24. The summed E-state index contributed by atoms with van der Waals surface area (Å²) in [6.45, 7) is 2.57. The minimum atomic E-state index is -0.266. The lowest BCUT2D eigenvalue weighted by Gasteiger charge is -2.35. The van der Waals surface area contributed by atoms with Crippen molar-refractivity contribution in [3.8, 4) is 11.3 Å². The molecule has 1 aliphatic heterocycles. The van der Waals surface area contributed by atoms with Crippen molar-refractivity contribution in [2.45, 2.75) is 0 Å². The van der Waals surface area contributed by atoms with Gasteiger partial charge in [0.05, 0.1) is 16.3 Å². The van der Waals surface area contributed by atoms with Crippen LogP contribution in [0.25, 0.3) is 11.3 Å². The molecule has 1 saturated heterocycles. The summed E-state index contributed by atoms with van der Waals surface area (Å²) in [6, 6.07) is 15.3. The second-order valence-electron chi connectivity index (χ2n) is 6.41. The summed E-state index contributed by atoms with van der Waals surface area (Å²) >= 11 is 6.14. The number of piperazine rings is 1. The molecule has 0 saturated carbocycles. The standard InChI is InChI=1S/C20H18ClFN4O/c21-17-4-2-1-3-16(17)20(27)26-11-9-25(10-12-26)19-13-18(23-24-19)14-5-7-15(22)8-6-14/h1-8,13H,9-12H2,(H,23,24). The number of hydrogen-bond acceptors (Lipinski definition) is 3. The zero-order chi connectivity index (χ0) is 18.8. The van der Waals surface area contributed by atoms with E-state index in [1.807, 2.05) is 23.1 Å². The third kappa shape index (κ3) is 3.66. The van der Waals surface area contributed by atoms with Gasteiger partial charge in [0.1, 0.15) is 5.82 Å². The van der Waals surface area contributed by atoms with Crippen LogP contribution in [0, 0.1) is 5.82 Å². The smallest absolute Gasteiger partial charge is 0.255 e. The van der Waals surface area contributed by atoms with E-state index in [9.17, 15) is 9.18 Å². The first-order valence-corrected chi connectivity index (χ1v) is 9.10. The van der Waals surface area contributed by atoms with E-state index in [1.54, 1.807) is 24.3 Å². The predicted molar refractivity (Wildman–Crippen MR) is 104 cm³/mol. The Balaban J connectivity index is 1.42. The van der Waals surface area contributed by atoms with Crippen LogP contribution < -0.4 is 4.90 Å². The van der Waals surface area contributed by atoms with Crippen molar-refractivity contribution in [1.82, 2.24) is 15.1 Å². The average molecular weight is 385 g/mol. The fourth-order valence-corrected chi connectivity index (χ4v) is 3.41. The van der Waals surface area contributed by atoms with Crippen LogP contribution in [-0.2, 0) is 0 Å². The molecule has 2 heterocycles. The summed E-state index contributed by atoms with van der Waals surface area (Å²) in [5.41, 5.74) is 2.24. The minimum Gasteiger partial charge on any atom is -0.352 e. The van der Waals surface area contributed by atoms with Crippen LogP contribution in [0.5, 0.6) is 0 Å². The number of rotatable bonds is 3. The van der Waals surface area contributed by atoms with Gasteiger partial charge in [0.15, 0.2) is 5.82 Å². The van der Waals surface area contributed by atoms with Gasteiger partial charge in [-0.15, -0.1) is 0 Å². The predicted octanol–water partition coefficient (Wildman–Crippen LogP) is 3.83. The van der Waals surface area contributed by atoms with E-state index in [-0.39, 0.29) is 11.7 Å². The molecule has 3 aromatic rings. The molecular formula is C20H18ClFN4O. The number of nitrogens with zero attached hydrogens (tertiary/aromatic N) is 3. The highest BCUT2D eigenvalue weighted by atomic mass is 35.5. The van der Waals surface area contributed by atoms with Crippen molar-refractivity contribution in [1.29, 1.82) is 0 Å². The maximum atomic E-state index is 13.1. The summed E-state index contributed by atoms with van der Waals surface area (Å²) in [7, 11) is 0. The van der Waals surface area contributed by atoms with E-state index in [1.165, 1.54) is 12.1 Å². The number of H-pyrrole nitrogens is 1. The first-order chi connectivity index (χ1) is 13.1. The lowest BCUT2D eigenvalue weighted by atomic mass is 10.1. The zero-order valence-electron chi connectivity index (χ0n) is 14.5. The Labute approximate surface area is 161 Å². The van der Waals surface area contributed by atoms with Crippen molar-refractivity contribution >= 4 is 23.3 Å². The lowest BCUT2D eigenvalue weighted by Crippen LogP contribution is -2.49. The van der Waals surface area contributed by atoms with Crippen LogP contribution >= 0.6 is 11.6 Å². The van der Waals surface area contributed by atoms with Gasteiger partial charge in [0.2, 0.25) is 0 Å². The maximum Gasteiger partial charge on any atom is 0.255 e. The molecule has 0 atom stereocenters. The van der Waals surface area contributed by atoms with Gasteiger partial charge in [0.25, 0.3) is 5.91 Å². The van der Waals surface area contributed by atoms with E-state index in [0.29, 0.717) is 36.8 Å². The average Bonchev–Trinajstić information content (AvgIpc) is 3.19. The quantitative estimate of drug-likeness (QED) is 0.746. The van der Waals surface area contributed by atoms with E-state index in [0.717, 1.165) is 17.1 Å². The van der Waals surface area contributed by atoms with E-state index in [4.69, 9.17) is 11.6 Å². The number of hydrogen-bond donors (Lipinski definition) is 1. The Kier molecular flexibility index (Phi) is 4.81. The van der Waals surface area contributed by atoms with Crippen molar-refractivity contribution in [2.24, 2.45) is 0 Å². The fourth-order valence-electron chi connectivity index (χ4n) is 3.19. The number of aromatic nitrogens is 2. The van der Waals surface area contributed by atoms with Crippen molar-refractivity contribution in [3.05, 3.63) is 71.0 Å². The minimum absolute atomic E-state index is 0.0470. The first kappa shape index (κ1) is 17.5. The van der Waals surface area contributed by atoms with Gasteiger partial charge in [-0.3, -0.25) is 9.89 Å². The molecule has 4 rings (SSSR count). The molecule has 1 fully saturated rings. The number of carbonyl (C=O) groups excluding carboxylic acids is 1. The molecule has 0 radical (unpaired) electrons. The van der Waals surface area contributed by atoms with Gasteiger partial charge in [-0.05, 0) is 42.0 Å². The van der Waals surface area contributed by atoms with Crippen LogP contribution in [0.3, 0.4) is 0 Å². The number of aromatic amines is 1. The second kappa shape index (κ2) is 7.40. The number of anilines is 1. The first-order valence-electron chi connectivity index (χ1n) is 8.72. The molecule has 0 unspecified atom stereocenters. The monoisotopic (exact) mass is 384 g/mol. The summed E-state index contributed by atoms with van der Waals surface area (Å²) in [4.78, 5) is 16.6. The second-order valence-corrected chi connectivity index (χ2v) is 6.81. The van der Waals surface area contributed by atoms with Crippen LogP contribution in [0.1, 0.15) is 10.4 Å². The van der Waals surface area contributed by atoms with Gasteiger partial charge in [0, 0.05) is 32.2 Å². The van der Waals surface area contributed by atoms with Crippen LogP contribution in [0.15, 0.2) is 54.6 Å². The molecule has 0 spiro atoms. The Hall–Kier alpha value is -2.86. The third-order valence-electron chi connectivity index (χ3n) is 4.71. The van der Waals surface area contributed by atoms with Crippen LogP contribution in [0.4, 0.5) is 10.2 Å². The molecule has 2 aromatic carbocycles. The summed E-state index contributed by atoms with van der Waals surface area (Å²) in [5.74, 6) is 0.506. The molecule has 0 bridgehead atoms. The summed E-state index contributed by atoms with van der Waals surface area (Å²) < 4.78 is 13.1. The van der Waals surface area contributed by atoms with Gasteiger partial charge in [-0.25, -0.2) is 4.39 Å². The Morgan fingerprint density at radius 2 is 1.74 bits per heavy atom. The van der Waals surface area contributed by atoms with Crippen molar-refractivity contribution < 1.29 is 9.18 Å². The van der Waals surface area contributed by atoms with Crippen LogP contribution in [0.2, 0.25) is 5.02 Å². The number of nitrogens with one attached hydrogen (secondary N) is 1. The van der Waals surface area contributed by atoms with E-state index < -0.39 is 0 Å². The van der Waals surface area contributed by atoms with Crippen molar-refractivity contribution in [2.75, 3.05) is 31.1 Å². The summed E-state index contributed by atoms with van der Waals surface area (Å²) in [6.07, 6.45) is 0. The topological polar surface area (TPSA) is 52.2 Å². The molecule has 1 aromatic heterocycles. The highest BCUT2D eigenvalue weighted by Gasteiger charge is 2.24. The zero-order valence-corrected chi connectivity index (χ0v) is 15.3. The van der Waals surface area contributed by atoms with Gasteiger partial charge >= 0.3 is 0 Å². The molecular weight excluding hydrogens is 367 g/mol. The molecule has 1 amide bonds. The maximum absolute atomic E-state index is 13.1. The lowest BCUT2D eigenvalue weighted by molar-refractivity contribution is 0.0746. The van der Waals surface area contributed by atoms with Gasteiger partial charge < -0.3 is 9.80 Å². The normalized spacial score (nSPS) is 14.4. The Morgan fingerprint density at radius 1 is 1.04 bits per heavy atom. The van der Waals surface area contributed by atoms with E-state index >= 15 is 0 Å². The number of carbonyl (C=O) groups is 1. The molecule has 138 valence electrons. The third-order valence-corrected chi connectivity index (χ3v) is 5.04. The molecule has 1 N–H and O–H groups in total. The molecule has 0 aliphatic carbocycles. The molecule has 27 heavy (non-hydrogen) atoms. The molecule has 1 aliphatic rings. The van der Waals surface area contributed by atoms with Crippen molar-refractivity contribution in [3.63, 3.8) is 0 Å². The van der Waals surface area contributed by atoms with Gasteiger partial charge in [-0.2, -0.15) is 5.10 Å². The van der Waals surface area contributed by atoms with Gasteiger partial charge in [-0.1, -0.05) is 23.7 Å². The number of halogens is 2. The largest absolute Gasteiger partial charge is 0.352 e. The SMILES string of the molecule is O=C(c1ccccc1Cl)N1CCN(c2cc(-c3ccc(F)cc3)[nH]n2)CC1. The Morgan fingerprint density at radius 3 is 2.44 bits per heavy atom. The van der Waals surface area contributed by atoms with E-state index in [2.05, 4.69) is 15.1 Å². The molecule has 5 nitrogen and oxygen atoms in total. The summed E-state index contributed by atoms with van der Waals surface area (Å²) in [5, 5.41) is 7.83. The molecule has 7 heteroatoms. The Bertz CT molecular complexity index is 949.